The predicted molar refractivity (Wildman–Crippen MR) is 123 cm³/mol. The van der Waals surface area contributed by atoms with Crippen LogP contribution in [0.25, 0.3) is 0 Å². The van der Waals surface area contributed by atoms with Crippen molar-refractivity contribution in [1.29, 1.82) is 0 Å². The largest absolute Gasteiger partial charge is 0.466 e. The van der Waals surface area contributed by atoms with Crippen molar-refractivity contribution in [3.8, 4) is 0 Å². The molecule has 0 spiro atoms. The summed E-state index contributed by atoms with van der Waals surface area (Å²) >= 11 is 0. The summed E-state index contributed by atoms with van der Waals surface area (Å²) < 4.78 is 49.6. The van der Waals surface area contributed by atoms with Gasteiger partial charge in [-0.2, -0.15) is 0 Å². The lowest BCUT2D eigenvalue weighted by Gasteiger charge is -2.63. The third-order valence-electron chi connectivity index (χ3n) is 10.1. The highest BCUT2D eigenvalue weighted by atomic mass is 19.1. The highest BCUT2D eigenvalue weighted by Crippen LogP contribution is 2.71. The Morgan fingerprint density at radius 3 is 2.58 bits per heavy atom. The van der Waals surface area contributed by atoms with E-state index in [9.17, 15) is 19.5 Å². The summed E-state index contributed by atoms with van der Waals surface area (Å²) in [4.78, 5) is 38.6. The minimum absolute atomic E-state index is 0.0338. The number of carbonyl (C=O) groups is 3. The van der Waals surface area contributed by atoms with Crippen LogP contribution in [-0.2, 0) is 28.6 Å². The molecule has 36 heavy (non-hydrogen) atoms. The Balaban J connectivity index is 1.61. The molecule has 198 valence electrons. The molecule has 5 rings (SSSR count). The number of ketones is 1. The van der Waals surface area contributed by atoms with E-state index in [1.165, 1.54) is 26.2 Å². The molecule has 0 aromatic heterocycles. The second-order valence-electron chi connectivity index (χ2n) is 11.6. The maximum atomic E-state index is 17.3. The molecule has 1 heterocycles. The zero-order valence-electron chi connectivity index (χ0n) is 21.1. The predicted octanol–water partition coefficient (Wildman–Crippen LogP) is 3.19. The highest BCUT2D eigenvalue weighted by molar-refractivity contribution is 6.01. The molecule has 0 bridgehead atoms. The number of hydrogen-bond donors (Lipinski definition) is 1. The fourth-order valence-electron chi connectivity index (χ4n) is 8.36. The van der Waals surface area contributed by atoms with Crippen LogP contribution in [0.2, 0.25) is 0 Å². The van der Waals surface area contributed by atoms with E-state index in [2.05, 4.69) is 0 Å². The van der Waals surface area contributed by atoms with E-state index < -0.39 is 76.0 Å². The molecule has 0 radical (unpaired) electrons. The van der Waals surface area contributed by atoms with Gasteiger partial charge in [-0.25, -0.2) is 18.4 Å². The second-order valence-corrected chi connectivity index (χ2v) is 11.6. The van der Waals surface area contributed by atoms with E-state index in [-0.39, 0.29) is 24.8 Å². The standard InChI is InChI=1S/C27H34F2O7/c1-14-10-16-17-12-19(28)18-11-15(30)7-8-24(18,2)26(17,29)21(31)13-25(16,3)27(14,23(33)34-4)36-22(32)20-6-5-9-35-20/h7-8,11,14,16-17,19-21,31H,5-6,9-10,12-13H2,1-4H3/t14-,16?,17?,19+,20+,21+,24+,25+,26+,27+/m1/s1. The Hall–Kier alpha value is -2.13. The van der Waals surface area contributed by atoms with E-state index in [0.717, 1.165) is 6.08 Å². The molecule has 1 aliphatic heterocycles. The van der Waals surface area contributed by atoms with Crippen LogP contribution in [0.5, 0.6) is 0 Å². The van der Waals surface area contributed by atoms with Crippen LogP contribution < -0.4 is 0 Å². The number of halogens is 2. The van der Waals surface area contributed by atoms with Crippen molar-refractivity contribution in [3.05, 3.63) is 23.8 Å². The number of aliphatic hydroxyl groups excluding tert-OH is 1. The van der Waals surface area contributed by atoms with Gasteiger partial charge in [-0.3, -0.25) is 4.79 Å². The van der Waals surface area contributed by atoms with Crippen molar-refractivity contribution in [1.82, 2.24) is 0 Å². The third kappa shape index (κ3) is 2.98. The van der Waals surface area contributed by atoms with Gasteiger partial charge in [0.25, 0.3) is 0 Å². The van der Waals surface area contributed by atoms with Crippen molar-refractivity contribution in [3.63, 3.8) is 0 Å². The van der Waals surface area contributed by atoms with E-state index in [1.54, 1.807) is 13.8 Å². The number of ether oxygens (including phenoxy) is 3. The van der Waals surface area contributed by atoms with E-state index in [0.29, 0.717) is 19.4 Å². The zero-order valence-corrected chi connectivity index (χ0v) is 21.1. The van der Waals surface area contributed by atoms with Gasteiger partial charge in [0.15, 0.2) is 17.6 Å². The van der Waals surface area contributed by atoms with Crippen LogP contribution in [0.4, 0.5) is 8.78 Å². The maximum absolute atomic E-state index is 17.3. The molecule has 1 N–H and O–H groups in total. The smallest absolute Gasteiger partial charge is 0.351 e. The molecular weight excluding hydrogens is 474 g/mol. The molecule has 4 aliphatic carbocycles. The quantitative estimate of drug-likeness (QED) is 0.585. The minimum atomic E-state index is -2.28. The third-order valence-corrected chi connectivity index (χ3v) is 10.1. The fraction of sp³-hybridized carbons (Fsp3) is 0.741. The molecule has 2 unspecified atom stereocenters. The lowest BCUT2D eigenvalue weighted by atomic mass is 9.44. The Labute approximate surface area is 209 Å². The monoisotopic (exact) mass is 508 g/mol. The van der Waals surface area contributed by atoms with Gasteiger partial charge in [-0.05, 0) is 62.7 Å². The zero-order chi connectivity index (χ0) is 26.3. The van der Waals surface area contributed by atoms with Gasteiger partial charge in [-0.15, -0.1) is 0 Å². The molecule has 4 fully saturated rings. The summed E-state index contributed by atoms with van der Waals surface area (Å²) in [5.74, 6) is -4.03. The SMILES string of the molecule is COC(=O)[C@@]1(OC(=O)[C@@H]2CCCO2)[C@H](C)CC2C3C[C@H](F)C4=CC(=O)C=C[C@]4(C)[C@@]3(F)[C@@H](O)C[C@@]21C. The summed E-state index contributed by atoms with van der Waals surface area (Å²) in [7, 11) is 1.20. The average Bonchev–Trinajstić information content (AvgIpc) is 3.44. The molecule has 3 saturated carbocycles. The number of hydrogen-bond acceptors (Lipinski definition) is 7. The molecular formula is C27H34F2O7. The van der Waals surface area contributed by atoms with Crippen molar-refractivity contribution in [2.24, 2.45) is 28.6 Å². The first-order chi connectivity index (χ1) is 16.9. The first kappa shape index (κ1) is 25.5. The molecule has 0 aromatic carbocycles. The molecule has 1 saturated heterocycles. The van der Waals surface area contributed by atoms with Crippen molar-refractivity contribution in [2.45, 2.75) is 82.5 Å². The molecule has 7 nitrogen and oxygen atoms in total. The lowest BCUT2D eigenvalue weighted by molar-refractivity contribution is -0.240. The van der Waals surface area contributed by atoms with E-state index in [4.69, 9.17) is 14.2 Å². The number of alkyl halides is 2. The summed E-state index contributed by atoms with van der Waals surface area (Å²) in [5, 5.41) is 11.5. The first-order valence-corrected chi connectivity index (χ1v) is 12.8. The molecule has 0 amide bonds. The van der Waals surface area contributed by atoms with Gasteiger partial charge < -0.3 is 19.3 Å². The summed E-state index contributed by atoms with van der Waals surface area (Å²) in [6, 6.07) is 0. The van der Waals surface area contributed by atoms with Crippen LogP contribution in [0, 0.1) is 28.6 Å². The number of carbonyl (C=O) groups excluding carboxylic acids is 3. The van der Waals surface area contributed by atoms with Gasteiger partial charge in [0, 0.05) is 29.3 Å². The van der Waals surface area contributed by atoms with Gasteiger partial charge in [0.1, 0.15) is 6.17 Å². The minimum Gasteiger partial charge on any atom is -0.466 e. The Bertz CT molecular complexity index is 1050. The number of methoxy groups -OCH3 is 1. The molecule has 10 atom stereocenters. The van der Waals surface area contributed by atoms with Crippen molar-refractivity contribution < 1.29 is 42.5 Å². The van der Waals surface area contributed by atoms with Crippen LogP contribution in [0.1, 0.15) is 52.9 Å². The fourth-order valence-corrected chi connectivity index (χ4v) is 8.36. The van der Waals surface area contributed by atoms with Crippen LogP contribution in [0.15, 0.2) is 23.8 Å². The van der Waals surface area contributed by atoms with Gasteiger partial charge in [-0.1, -0.05) is 19.9 Å². The van der Waals surface area contributed by atoms with Gasteiger partial charge >= 0.3 is 11.9 Å². The average molecular weight is 509 g/mol. The number of allylic oxidation sites excluding steroid dienone is 4. The lowest BCUT2D eigenvalue weighted by Crippen LogP contribution is -2.71. The van der Waals surface area contributed by atoms with Crippen molar-refractivity contribution >= 4 is 17.7 Å². The highest BCUT2D eigenvalue weighted by Gasteiger charge is 2.78. The molecule has 5 aliphatic rings. The van der Waals surface area contributed by atoms with Crippen molar-refractivity contribution in [2.75, 3.05) is 13.7 Å². The second kappa shape index (κ2) is 8.18. The summed E-state index contributed by atoms with van der Waals surface area (Å²) in [6.07, 6.45) is 0.697. The number of rotatable bonds is 3. The van der Waals surface area contributed by atoms with Gasteiger partial charge in [0.05, 0.1) is 13.2 Å². The number of fused-ring (bicyclic) bond motifs is 5. The number of esters is 2. The summed E-state index contributed by atoms with van der Waals surface area (Å²) in [6.45, 7) is 5.39. The summed E-state index contributed by atoms with van der Waals surface area (Å²) in [5.41, 5.74) is -6.80. The number of aliphatic hydroxyl groups is 1. The van der Waals surface area contributed by atoms with Gasteiger partial charge in [0.2, 0.25) is 5.60 Å². The topological polar surface area (TPSA) is 99.1 Å². The van der Waals surface area contributed by atoms with Crippen LogP contribution >= 0.6 is 0 Å². The molecule has 9 heteroatoms. The van der Waals surface area contributed by atoms with E-state index >= 15 is 8.78 Å². The Morgan fingerprint density at radius 2 is 1.94 bits per heavy atom. The Morgan fingerprint density at radius 1 is 1.22 bits per heavy atom. The first-order valence-electron chi connectivity index (χ1n) is 12.8. The maximum Gasteiger partial charge on any atom is 0.351 e. The van der Waals surface area contributed by atoms with E-state index in [1.807, 2.05) is 0 Å². The Kier molecular flexibility index (Phi) is 5.80. The molecule has 0 aromatic rings. The van der Waals surface area contributed by atoms with Crippen LogP contribution in [0.3, 0.4) is 0 Å². The normalized spacial score (nSPS) is 49.5. The van der Waals surface area contributed by atoms with Crippen LogP contribution in [-0.4, -0.2) is 66.2 Å².